The van der Waals surface area contributed by atoms with Crippen LogP contribution in [0.4, 0.5) is 17.1 Å². The second kappa shape index (κ2) is 3.43. The third-order valence-corrected chi connectivity index (χ3v) is 2.49. The Morgan fingerprint density at radius 3 is 2.93 bits per heavy atom. The standard InChI is InChI=1S/C10H13N3O2/c1-13(15-2)9-5-8-6(3-7(9)11)4-10(14)12-8/h3,5H,4,11H2,1-2H3,(H,12,14). The Balaban J connectivity index is 2.44. The number of rotatable bonds is 2. The highest BCUT2D eigenvalue weighted by Crippen LogP contribution is 2.33. The zero-order chi connectivity index (χ0) is 11.0. The maximum absolute atomic E-state index is 11.2. The molecule has 1 amide bonds. The molecule has 5 heteroatoms. The van der Waals surface area contributed by atoms with E-state index in [1.165, 1.54) is 0 Å². The van der Waals surface area contributed by atoms with Crippen LogP contribution in [0.15, 0.2) is 12.1 Å². The molecule has 0 unspecified atom stereocenters. The molecule has 0 saturated carbocycles. The van der Waals surface area contributed by atoms with E-state index in [-0.39, 0.29) is 5.91 Å². The molecule has 1 aliphatic rings. The predicted octanol–water partition coefficient (Wildman–Crippen LogP) is 0.761. The number of hydrogen-bond acceptors (Lipinski definition) is 4. The average Bonchev–Trinajstić information content (AvgIpc) is 2.55. The molecule has 1 aliphatic heterocycles. The molecule has 5 nitrogen and oxygen atoms in total. The number of amides is 1. The first-order valence-corrected chi connectivity index (χ1v) is 4.62. The van der Waals surface area contributed by atoms with Gasteiger partial charge in [0, 0.05) is 12.7 Å². The van der Waals surface area contributed by atoms with Crippen LogP contribution in [0, 0.1) is 0 Å². The summed E-state index contributed by atoms with van der Waals surface area (Å²) in [6.45, 7) is 0. The molecule has 0 aromatic heterocycles. The van der Waals surface area contributed by atoms with Gasteiger partial charge in [-0.05, 0) is 17.7 Å². The minimum atomic E-state index is 0.00150. The van der Waals surface area contributed by atoms with Crippen LogP contribution in [0.3, 0.4) is 0 Å². The maximum Gasteiger partial charge on any atom is 0.228 e. The lowest BCUT2D eigenvalue weighted by Gasteiger charge is -2.18. The molecule has 0 aliphatic carbocycles. The molecule has 0 atom stereocenters. The Morgan fingerprint density at radius 2 is 2.27 bits per heavy atom. The van der Waals surface area contributed by atoms with Gasteiger partial charge in [-0.15, -0.1) is 0 Å². The van der Waals surface area contributed by atoms with Crippen molar-refractivity contribution in [3.05, 3.63) is 17.7 Å². The fourth-order valence-corrected chi connectivity index (χ4v) is 1.65. The number of carbonyl (C=O) groups excluding carboxylic acids is 1. The summed E-state index contributed by atoms with van der Waals surface area (Å²) < 4.78 is 0. The highest BCUT2D eigenvalue weighted by atomic mass is 16.7. The quantitative estimate of drug-likeness (QED) is 0.555. The lowest BCUT2D eigenvalue weighted by molar-refractivity contribution is -0.115. The van der Waals surface area contributed by atoms with E-state index in [1.807, 2.05) is 6.07 Å². The first-order chi connectivity index (χ1) is 7.11. The smallest absolute Gasteiger partial charge is 0.228 e. The predicted molar refractivity (Wildman–Crippen MR) is 58.6 cm³/mol. The lowest BCUT2D eigenvalue weighted by Crippen LogP contribution is -2.16. The number of nitrogens with two attached hydrogens (primary N) is 1. The summed E-state index contributed by atoms with van der Waals surface area (Å²) in [4.78, 5) is 16.2. The van der Waals surface area contributed by atoms with E-state index in [0.717, 1.165) is 16.9 Å². The number of anilines is 3. The Kier molecular flexibility index (Phi) is 2.24. The summed E-state index contributed by atoms with van der Waals surface area (Å²) in [7, 11) is 3.32. The summed E-state index contributed by atoms with van der Waals surface area (Å²) in [5, 5.41) is 4.32. The second-order valence-corrected chi connectivity index (χ2v) is 3.47. The number of fused-ring (bicyclic) bond motifs is 1. The van der Waals surface area contributed by atoms with Crippen LogP contribution in [-0.4, -0.2) is 20.1 Å². The van der Waals surface area contributed by atoms with Gasteiger partial charge in [-0.1, -0.05) is 0 Å². The molecule has 1 heterocycles. The zero-order valence-corrected chi connectivity index (χ0v) is 8.70. The zero-order valence-electron chi connectivity index (χ0n) is 8.70. The van der Waals surface area contributed by atoms with E-state index < -0.39 is 0 Å². The molecule has 0 saturated heterocycles. The number of benzene rings is 1. The van der Waals surface area contributed by atoms with Crippen molar-refractivity contribution in [1.29, 1.82) is 0 Å². The Bertz CT molecular complexity index is 417. The van der Waals surface area contributed by atoms with Gasteiger partial charge >= 0.3 is 0 Å². The van der Waals surface area contributed by atoms with Crippen LogP contribution in [0.1, 0.15) is 5.56 Å². The average molecular weight is 207 g/mol. The molecule has 3 N–H and O–H groups in total. The SMILES string of the molecule is CON(C)c1cc2c(cc1N)CC(=O)N2. The van der Waals surface area contributed by atoms with Crippen molar-refractivity contribution in [2.45, 2.75) is 6.42 Å². The number of carbonyl (C=O) groups is 1. The summed E-state index contributed by atoms with van der Waals surface area (Å²) >= 11 is 0. The highest BCUT2D eigenvalue weighted by molar-refractivity contribution is 6.00. The van der Waals surface area contributed by atoms with Crippen LogP contribution < -0.4 is 16.1 Å². The molecule has 15 heavy (non-hydrogen) atoms. The Labute approximate surface area is 87.8 Å². The molecule has 0 fully saturated rings. The van der Waals surface area contributed by atoms with Crippen molar-refractivity contribution < 1.29 is 9.63 Å². The van der Waals surface area contributed by atoms with E-state index >= 15 is 0 Å². The molecule has 1 aromatic carbocycles. The fraction of sp³-hybridized carbons (Fsp3) is 0.300. The molecular weight excluding hydrogens is 194 g/mol. The molecule has 0 bridgehead atoms. The van der Waals surface area contributed by atoms with Gasteiger partial charge in [0.05, 0.1) is 24.9 Å². The Hall–Kier alpha value is -1.75. The summed E-state index contributed by atoms with van der Waals surface area (Å²) in [6, 6.07) is 3.62. The highest BCUT2D eigenvalue weighted by Gasteiger charge is 2.20. The van der Waals surface area contributed by atoms with E-state index in [0.29, 0.717) is 12.1 Å². The third kappa shape index (κ3) is 1.61. The normalized spacial score (nSPS) is 13.6. The van der Waals surface area contributed by atoms with Gasteiger partial charge in [0.15, 0.2) is 0 Å². The fourth-order valence-electron chi connectivity index (χ4n) is 1.65. The first kappa shape index (κ1) is 9.79. The van der Waals surface area contributed by atoms with E-state index in [2.05, 4.69) is 5.32 Å². The van der Waals surface area contributed by atoms with Gasteiger partial charge in [-0.25, -0.2) is 0 Å². The van der Waals surface area contributed by atoms with Crippen molar-refractivity contribution in [2.75, 3.05) is 30.3 Å². The van der Waals surface area contributed by atoms with Gasteiger partial charge in [-0.2, -0.15) is 0 Å². The lowest BCUT2D eigenvalue weighted by atomic mass is 10.1. The van der Waals surface area contributed by atoms with Crippen molar-refractivity contribution in [1.82, 2.24) is 0 Å². The molecular formula is C10H13N3O2. The molecule has 1 aromatic rings. The van der Waals surface area contributed by atoms with E-state index in [9.17, 15) is 4.79 Å². The molecule has 2 rings (SSSR count). The third-order valence-electron chi connectivity index (χ3n) is 2.49. The molecule has 80 valence electrons. The van der Waals surface area contributed by atoms with E-state index in [4.69, 9.17) is 10.6 Å². The number of hydrogen-bond donors (Lipinski definition) is 2. The summed E-state index contributed by atoms with van der Waals surface area (Å²) in [5.41, 5.74) is 8.96. The molecule has 0 spiro atoms. The second-order valence-electron chi connectivity index (χ2n) is 3.47. The van der Waals surface area contributed by atoms with Gasteiger partial charge < -0.3 is 11.1 Å². The monoisotopic (exact) mass is 207 g/mol. The largest absolute Gasteiger partial charge is 0.397 e. The number of nitrogens with one attached hydrogen (secondary N) is 1. The summed E-state index contributed by atoms with van der Waals surface area (Å²) in [6.07, 6.45) is 0.399. The van der Waals surface area contributed by atoms with Crippen LogP contribution in [0.2, 0.25) is 0 Å². The number of nitrogen functional groups attached to an aromatic ring is 1. The van der Waals surface area contributed by atoms with Crippen LogP contribution in [0.25, 0.3) is 0 Å². The van der Waals surface area contributed by atoms with Crippen LogP contribution >= 0.6 is 0 Å². The minimum Gasteiger partial charge on any atom is -0.397 e. The van der Waals surface area contributed by atoms with Gasteiger partial charge in [0.2, 0.25) is 5.91 Å². The van der Waals surface area contributed by atoms with Crippen LogP contribution in [-0.2, 0) is 16.1 Å². The van der Waals surface area contributed by atoms with Crippen LogP contribution in [0.5, 0.6) is 0 Å². The number of hydroxylamine groups is 1. The van der Waals surface area contributed by atoms with Crippen molar-refractivity contribution in [2.24, 2.45) is 0 Å². The maximum atomic E-state index is 11.2. The number of nitrogens with zero attached hydrogens (tertiary/aromatic N) is 1. The minimum absolute atomic E-state index is 0.00150. The van der Waals surface area contributed by atoms with Crippen molar-refractivity contribution in [3.63, 3.8) is 0 Å². The van der Waals surface area contributed by atoms with E-state index in [1.54, 1.807) is 25.3 Å². The van der Waals surface area contributed by atoms with Gasteiger partial charge in [-0.3, -0.25) is 14.7 Å². The van der Waals surface area contributed by atoms with Crippen molar-refractivity contribution in [3.8, 4) is 0 Å². The van der Waals surface area contributed by atoms with Crippen molar-refractivity contribution >= 4 is 23.0 Å². The Morgan fingerprint density at radius 1 is 1.53 bits per heavy atom. The topological polar surface area (TPSA) is 67.6 Å². The van der Waals surface area contributed by atoms with Gasteiger partial charge in [0.25, 0.3) is 0 Å². The first-order valence-electron chi connectivity index (χ1n) is 4.62. The van der Waals surface area contributed by atoms with Gasteiger partial charge in [0.1, 0.15) is 0 Å². The molecule has 0 radical (unpaired) electrons. The summed E-state index contributed by atoms with van der Waals surface area (Å²) in [5.74, 6) is 0.00150.